The van der Waals surface area contributed by atoms with Crippen LogP contribution in [0.1, 0.15) is 15.2 Å². The van der Waals surface area contributed by atoms with Gasteiger partial charge in [0.05, 0.1) is 25.2 Å². The maximum atomic E-state index is 12.7. The van der Waals surface area contributed by atoms with Gasteiger partial charge in [-0.05, 0) is 37.3 Å². The third-order valence-corrected chi connectivity index (χ3v) is 6.39. The van der Waals surface area contributed by atoms with Crippen LogP contribution in [-0.2, 0) is 0 Å². The average molecular weight is 392 g/mol. The van der Waals surface area contributed by atoms with Gasteiger partial charge in [-0.3, -0.25) is 10.1 Å². The zero-order valence-corrected chi connectivity index (χ0v) is 15.7. The molecule has 2 aromatic carbocycles. The van der Waals surface area contributed by atoms with E-state index in [1.807, 2.05) is 43.3 Å². The Kier molecular flexibility index (Phi) is 3.60. The van der Waals surface area contributed by atoms with Gasteiger partial charge in [0.1, 0.15) is 5.58 Å². The quantitative estimate of drug-likeness (QED) is 0.420. The van der Waals surface area contributed by atoms with Gasteiger partial charge in [-0.25, -0.2) is 9.78 Å². The second-order valence-corrected chi connectivity index (χ2v) is 8.27. The molecule has 3 heterocycles. The lowest BCUT2D eigenvalue weighted by Gasteiger charge is -1.99. The van der Waals surface area contributed by atoms with E-state index in [1.54, 1.807) is 12.1 Å². The van der Waals surface area contributed by atoms with Gasteiger partial charge in [0, 0.05) is 5.39 Å². The molecule has 5 aromatic rings. The number of thiazole rings is 1. The number of amides is 1. The fourth-order valence-corrected chi connectivity index (χ4v) is 4.93. The van der Waals surface area contributed by atoms with Crippen molar-refractivity contribution in [1.29, 1.82) is 0 Å². The van der Waals surface area contributed by atoms with Gasteiger partial charge < -0.3 is 4.42 Å². The van der Waals surface area contributed by atoms with E-state index in [2.05, 4.69) is 10.3 Å². The zero-order chi connectivity index (χ0) is 18.5. The highest BCUT2D eigenvalue weighted by Gasteiger charge is 2.17. The van der Waals surface area contributed by atoms with Crippen molar-refractivity contribution in [2.24, 2.45) is 0 Å². The molecule has 0 aliphatic heterocycles. The van der Waals surface area contributed by atoms with Crippen LogP contribution in [0.2, 0.25) is 0 Å². The molecule has 0 atom stereocenters. The van der Waals surface area contributed by atoms with Crippen molar-refractivity contribution in [2.45, 2.75) is 6.92 Å². The number of hydrogen-bond donors (Lipinski definition) is 1. The lowest BCUT2D eigenvalue weighted by atomic mass is 10.1. The SMILES string of the molecule is Cc1ccc2oc(=O)c3cc(C(=O)Nc4nc5ccccc5s4)sc3c2c1. The number of carbonyl (C=O) groups is 1. The molecule has 7 heteroatoms. The van der Waals surface area contributed by atoms with Crippen LogP contribution >= 0.6 is 22.7 Å². The molecule has 0 fully saturated rings. The number of hydrogen-bond acceptors (Lipinski definition) is 6. The van der Waals surface area contributed by atoms with Crippen LogP contribution in [0.4, 0.5) is 5.13 Å². The van der Waals surface area contributed by atoms with E-state index >= 15 is 0 Å². The number of benzene rings is 2. The Hall–Kier alpha value is -3.03. The van der Waals surface area contributed by atoms with E-state index in [-0.39, 0.29) is 5.91 Å². The number of fused-ring (bicyclic) bond motifs is 4. The Labute approximate surface area is 160 Å². The molecule has 27 heavy (non-hydrogen) atoms. The molecule has 0 spiro atoms. The first kappa shape index (κ1) is 16.2. The number of nitrogens with one attached hydrogen (secondary N) is 1. The van der Waals surface area contributed by atoms with Crippen LogP contribution < -0.4 is 10.9 Å². The first-order chi connectivity index (χ1) is 13.1. The molecule has 132 valence electrons. The second-order valence-electron chi connectivity index (χ2n) is 6.18. The molecule has 0 saturated carbocycles. The molecule has 1 amide bonds. The summed E-state index contributed by atoms with van der Waals surface area (Å²) in [6.45, 7) is 1.98. The van der Waals surface area contributed by atoms with Crippen molar-refractivity contribution in [3.8, 4) is 0 Å². The van der Waals surface area contributed by atoms with E-state index in [4.69, 9.17) is 4.42 Å². The number of carbonyl (C=O) groups excluding carboxylic acids is 1. The van der Waals surface area contributed by atoms with Crippen molar-refractivity contribution in [3.05, 3.63) is 69.4 Å². The van der Waals surface area contributed by atoms with Crippen molar-refractivity contribution in [1.82, 2.24) is 4.98 Å². The predicted octanol–water partition coefficient (Wildman–Crippen LogP) is 5.18. The number of rotatable bonds is 2. The Morgan fingerprint density at radius 3 is 2.78 bits per heavy atom. The average Bonchev–Trinajstić information content (AvgIpc) is 3.26. The number of thiophene rings is 1. The summed E-state index contributed by atoms with van der Waals surface area (Å²) in [7, 11) is 0. The molecule has 1 N–H and O–H groups in total. The van der Waals surface area contributed by atoms with Crippen molar-refractivity contribution in [2.75, 3.05) is 5.32 Å². The molecule has 0 unspecified atom stereocenters. The van der Waals surface area contributed by atoms with Crippen molar-refractivity contribution < 1.29 is 9.21 Å². The highest BCUT2D eigenvalue weighted by Crippen LogP contribution is 2.32. The van der Waals surface area contributed by atoms with Gasteiger partial charge in [-0.2, -0.15) is 0 Å². The highest BCUT2D eigenvalue weighted by molar-refractivity contribution is 7.23. The molecule has 0 aliphatic carbocycles. The maximum absolute atomic E-state index is 12.7. The number of aromatic nitrogens is 1. The summed E-state index contributed by atoms with van der Waals surface area (Å²) in [5.74, 6) is -0.282. The Bertz CT molecular complexity index is 1380. The molecular weight excluding hydrogens is 380 g/mol. The van der Waals surface area contributed by atoms with Gasteiger partial charge in [0.15, 0.2) is 5.13 Å². The third-order valence-electron chi connectivity index (χ3n) is 4.27. The van der Waals surface area contributed by atoms with Crippen LogP contribution in [0.3, 0.4) is 0 Å². The Balaban J connectivity index is 1.58. The fourth-order valence-electron chi connectivity index (χ4n) is 3.00. The molecule has 5 rings (SSSR count). The molecule has 3 aromatic heterocycles. The molecule has 0 saturated heterocycles. The summed E-state index contributed by atoms with van der Waals surface area (Å²) in [5.41, 5.74) is 2.00. The summed E-state index contributed by atoms with van der Waals surface area (Å²) in [6.07, 6.45) is 0. The molecule has 0 bridgehead atoms. The normalized spacial score (nSPS) is 11.4. The second kappa shape index (κ2) is 6.00. The zero-order valence-electron chi connectivity index (χ0n) is 14.1. The van der Waals surface area contributed by atoms with Gasteiger partial charge in [-0.15, -0.1) is 11.3 Å². The van der Waals surface area contributed by atoms with E-state index < -0.39 is 5.63 Å². The summed E-state index contributed by atoms with van der Waals surface area (Å²) in [5, 5.41) is 4.63. The van der Waals surface area contributed by atoms with Crippen LogP contribution in [-0.4, -0.2) is 10.9 Å². The molecule has 0 aliphatic rings. The summed E-state index contributed by atoms with van der Waals surface area (Å²) in [6, 6.07) is 14.9. The lowest BCUT2D eigenvalue weighted by molar-refractivity contribution is 0.103. The molecule has 0 radical (unpaired) electrons. The minimum Gasteiger partial charge on any atom is -0.422 e. The van der Waals surface area contributed by atoms with Gasteiger partial charge in [0.2, 0.25) is 0 Å². The number of nitrogens with zero attached hydrogens (tertiary/aromatic N) is 1. The van der Waals surface area contributed by atoms with Crippen molar-refractivity contribution in [3.63, 3.8) is 0 Å². The van der Waals surface area contributed by atoms with Crippen LogP contribution in [0.25, 0.3) is 31.3 Å². The van der Waals surface area contributed by atoms with Crippen molar-refractivity contribution >= 4 is 65.0 Å². The van der Waals surface area contributed by atoms with E-state index in [9.17, 15) is 9.59 Å². The summed E-state index contributed by atoms with van der Waals surface area (Å²) in [4.78, 5) is 29.9. The number of anilines is 1. The fraction of sp³-hybridized carbons (Fsp3) is 0.0500. The minimum atomic E-state index is -0.434. The van der Waals surface area contributed by atoms with E-state index in [1.165, 1.54) is 22.7 Å². The van der Waals surface area contributed by atoms with E-state index in [0.29, 0.717) is 21.0 Å². The molecular formula is C20H12N2O3S2. The van der Waals surface area contributed by atoms with Gasteiger partial charge >= 0.3 is 5.63 Å². The van der Waals surface area contributed by atoms with E-state index in [0.717, 1.165) is 25.9 Å². The standard InChI is InChI=1S/C20H12N2O3S2/c1-10-6-7-14-11(8-10)17-12(19(24)25-14)9-16(26-17)18(23)22-20-21-13-4-2-3-5-15(13)27-20/h2-9H,1H3,(H,21,22,23). The predicted molar refractivity (Wildman–Crippen MR) is 110 cm³/mol. The number of para-hydroxylation sites is 1. The monoisotopic (exact) mass is 392 g/mol. The van der Waals surface area contributed by atoms with Crippen LogP contribution in [0, 0.1) is 6.92 Å². The first-order valence-corrected chi connectivity index (χ1v) is 9.86. The van der Waals surface area contributed by atoms with Crippen LogP contribution in [0.15, 0.2) is 57.7 Å². The molecule has 5 nitrogen and oxygen atoms in total. The smallest absolute Gasteiger partial charge is 0.345 e. The highest BCUT2D eigenvalue weighted by atomic mass is 32.1. The minimum absolute atomic E-state index is 0.282. The van der Waals surface area contributed by atoms with Gasteiger partial charge in [-0.1, -0.05) is 35.1 Å². The van der Waals surface area contributed by atoms with Crippen LogP contribution in [0.5, 0.6) is 0 Å². The Morgan fingerprint density at radius 2 is 1.93 bits per heavy atom. The topological polar surface area (TPSA) is 72.2 Å². The lowest BCUT2D eigenvalue weighted by Crippen LogP contribution is -2.09. The number of aryl methyl sites for hydroxylation is 1. The summed E-state index contributed by atoms with van der Waals surface area (Å²) >= 11 is 2.70. The maximum Gasteiger partial charge on any atom is 0.345 e. The first-order valence-electron chi connectivity index (χ1n) is 8.22. The third kappa shape index (κ3) is 2.72. The summed E-state index contributed by atoms with van der Waals surface area (Å²) < 4.78 is 7.16. The van der Waals surface area contributed by atoms with Gasteiger partial charge in [0.25, 0.3) is 5.91 Å². The Morgan fingerprint density at radius 1 is 1.07 bits per heavy atom. The largest absolute Gasteiger partial charge is 0.422 e.